The molecule has 56 heavy (non-hydrogen) atoms. The van der Waals surface area contributed by atoms with Gasteiger partial charge in [0.15, 0.2) is 12.6 Å². The van der Waals surface area contributed by atoms with Gasteiger partial charge in [-0.05, 0) is 74.9 Å². The van der Waals surface area contributed by atoms with E-state index in [-0.39, 0.29) is 31.4 Å². The zero-order valence-electron chi connectivity index (χ0n) is 35.1. The van der Waals surface area contributed by atoms with Crippen molar-refractivity contribution >= 4 is 19.6 Å². The zero-order chi connectivity index (χ0) is 43.5. The average Bonchev–Trinajstić information content (AvgIpc) is 3.08. The Bertz CT molecular complexity index is 1320. The van der Waals surface area contributed by atoms with Crippen LogP contribution in [0.4, 0.5) is 0 Å². The number of hydrogen-bond donors (Lipinski definition) is 8. The maximum Gasteiger partial charge on any atom is 0.466 e. The molecule has 3 saturated heterocycles. The zero-order valence-corrected chi connectivity index (χ0v) is 36.0. The Morgan fingerprint density at radius 3 is 1.93 bits per heavy atom. The SMILES string of the molecule is CC[C@H]1OC(=O)[C@H](C)[C@@H](O[C@H]2C[C@@](C)(OC)[C@@H](O)[C@H](C)O2)[C@H](C)[C@@H](O[C@@H]2O[C@H](C)C[C@H](N(C)C)[C@H]2O)[C@](C)(O)C[C@@H](C)C(=O)[C@H](C)[C@@H](O)[C@]1(C)O.O=P(O)(O)O. The van der Waals surface area contributed by atoms with Crippen molar-refractivity contribution in [2.24, 2.45) is 23.7 Å². The quantitative estimate of drug-likeness (QED) is 0.131. The van der Waals surface area contributed by atoms with E-state index in [0.29, 0.717) is 6.42 Å². The Morgan fingerprint density at radius 1 is 0.875 bits per heavy atom. The molecule has 18 atom stereocenters. The molecular formula is C37H70NO17P. The number of Topliss-reactive ketones (excluding diaryl/α,β-unsaturated/α-hetero) is 1. The van der Waals surface area contributed by atoms with Gasteiger partial charge in [0.1, 0.15) is 29.7 Å². The molecule has 3 aliphatic rings. The highest BCUT2D eigenvalue weighted by atomic mass is 31.2. The minimum atomic E-state index is -4.64. The van der Waals surface area contributed by atoms with Crippen molar-refractivity contribution in [3.63, 3.8) is 0 Å². The lowest BCUT2D eigenvalue weighted by molar-refractivity contribution is -0.318. The van der Waals surface area contributed by atoms with Crippen molar-refractivity contribution in [3.8, 4) is 0 Å². The van der Waals surface area contributed by atoms with E-state index in [9.17, 15) is 35.1 Å². The lowest BCUT2D eigenvalue weighted by Crippen LogP contribution is -2.61. The molecule has 0 bridgehead atoms. The van der Waals surface area contributed by atoms with Crippen molar-refractivity contribution in [1.29, 1.82) is 0 Å². The van der Waals surface area contributed by atoms with Gasteiger partial charge in [0.25, 0.3) is 0 Å². The van der Waals surface area contributed by atoms with Crippen LogP contribution in [0.3, 0.4) is 0 Å². The fraction of sp³-hybridized carbons (Fsp3) is 0.946. The number of phosphoric acid groups is 1. The Kier molecular flexibility index (Phi) is 18.1. The predicted molar refractivity (Wildman–Crippen MR) is 201 cm³/mol. The molecule has 0 aromatic rings. The maximum absolute atomic E-state index is 14.1. The molecule has 0 spiro atoms. The Hall–Kier alpha value is -1.19. The van der Waals surface area contributed by atoms with Gasteiger partial charge in [0, 0.05) is 37.3 Å². The van der Waals surface area contributed by atoms with E-state index in [1.165, 1.54) is 27.9 Å². The van der Waals surface area contributed by atoms with Gasteiger partial charge in [0.2, 0.25) is 0 Å². The van der Waals surface area contributed by atoms with Crippen LogP contribution in [0.1, 0.15) is 94.9 Å². The van der Waals surface area contributed by atoms with Crippen molar-refractivity contribution in [2.45, 2.75) is 179 Å². The number of carbonyl (C=O) groups is 2. The number of esters is 1. The van der Waals surface area contributed by atoms with E-state index in [2.05, 4.69) is 0 Å². The topological polar surface area (TPSA) is 272 Å². The first-order chi connectivity index (χ1) is 25.4. The highest BCUT2D eigenvalue weighted by Gasteiger charge is 2.53. The second-order valence-electron chi connectivity index (χ2n) is 17.0. The third-order valence-electron chi connectivity index (χ3n) is 11.8. The minimum absolute atomic E-state index is 0.0936. The van der Waals surface area contributed by atoms with Crippen LogP contribution in [0, 0.1) is 23.7 Å². The summed E-state index contributed by atoms with van der Waals surface area (Å²) < 4.78 is 45.9. The van der Waals surface area contributed by atoms with Crippen molar-refractivity contribution in [2.75, 3.05) is 21.2 Å². The fourth-order valence-corrected chi connectivity index (χ4v) is 8.41. The number of cyclic esters (lactones) is 1. The molecule has 0 saturated carbocycles. The lowest BCUT2D eigenvalue weighted by atomic mass is 9.74. The molecule has 0 aliphatic carbocycles. The van der Waals surface area contributed by atoms with Crippen LogP contribution in [0.2, 0.25) is 0 Å². The summed E-state index contributed by atoms with van der Waals surface area (Å²) in [4.78, 5) is 51.3. The van der Waals surface area contributed by atoms with Gasteiger partial charge < -0.3 is 73.5 Å². The first-order valence-electron chi connectivity index (χ1n) is 19.3. The first-order valence-corrected chi connectivity index (χ1v) is 20.8. The monoisotopic (exact) mass is 831 g/mol. The van der Waals surface area contributed by atoms with Crippen LogP contribution in [0.25, 0.3) is 0 Å². The summed E-state index contributed by atoms with van der Waals surface area (Å²) in [6.07, 6.45) is -9.71. The van der Waals surface area contributed by atoms with Gasteiger partial charge in [0.05, 0.1) is 47.6 Å². The van der Waals surface area contributed by atoms with Crippen LogP contribution in [0.5, 0.6) is 0 Å². The lowest BCUT2D eigenvalue weighted by Gasteiger charge is -2.49. The molecule has 0 amide bonds. The number of rotatable bonds is 7. The number of nitrogens with zero attached hydrogens (tertiary/aromatic N) is 1. The fourth-order valence-electron chi connectivity index (χ4n) is 8.41. The number of aliphatic hydroxyl groups is 5. The Morgan fingerprint density at radius 2 is 1.43 bits per heavy atom. The summed E-state index contributed by atoms with van der Waals surface area (Å²) in [6.45, 7) is 16.3. The molecule has 0 aromatic heterocycles. The average molecular weight is 832 g/mol. The molecule has 19 heteroatoms. The molecule has 3 rings (SSSR count). The summed E-state index contributed by atoms with van der Waals surface area (Å²) in [5.41, 5.74) is -4.84. The second kappa shape index (κ2) is 19.9. The van der Waals surface area contributed by atoms with Gasteiger partial charge in [-0.25, -0.2) is 4.57 Å². The van der Waals surface area contributed by atoms with Gasteiger partial charge in [-0.3, -0.25) is 9.59 Å². The summed E-state index contributed by atoms with van der Waals surface area (Å²) in [7, 11) is 0.537. The molecule has 0 aromatic carbocycles. The third kappa shape index (κ3) is 12.7. The molecule has 330 valence electrons. The van der Waals surface area contributed by atoms with Crippen LogP contribution in [0.15, 0.2) is 0 Å². The number of ether oxygens (including phenoxy) is 6. The van der Waals surface area contributed by atoms with Gasteiger partial charge in [-0.2, -0.15) is 0 Å². The molecule has 0 unspecified atom stereocenters. The smallest absolute Gasteiger partial charge is 0.459 e. The molecule has 3 aliphatic heterocycles. The highest BCUT2D eigenvalue weighted by Crippen LogP contribution is 2.41. The van der Waals surface area contributed by atoms with E-state index in [0.717, 1.165) is 0 Å². The van der Waals surface area contributed by atoms with E-state index in [4.69, 9.17) is 47.7 Å². The van der Waals surface area contributed by atoms with E-state index >= 15 is 0 Å². The first kappa shape index (κ1) is 51.0. The van der Waals surface area contributed by atoms with Crippen LogP contribution in [-0.4, -0.2) is 162 Å². The van der Waals surface area contributed by atoms with Crippen molar-refractivity contribution < 1.29 is 82.8 Å². The van der Waals surface area contributed by atoms with Gasteiger partial charge in [-0.15, -0.1) is 0 Å². The maximum atomic E-state index is 14.1. The van der Waals surface area contributed by atoms with Gasteiger partial charge in [-0.1, -0.05) is 27.7 Å². The van der Waals surface area contributed by atoms with Crippen LogP contribution >= 0.6 is 7.82 Å². The van der Waals surface area contributed by atoms with E-state index in [1.54, 1.807) is 41.5 Å². The highest BCUT2D eigenvalue weighted by molar-refractivity contribution is 7.45. The largest absolute Gasteiger partial charge is 0.466 e. The Labute approximate surface area is 331 Å². The summed E-state index contributed by atoms with van der Waals surface area (Å²) in [5.74, 6) is -4.98. The van der Waals surface area contributed by atoms with Crippen LogP contribution in [-0.2, 0) is 42.6 Å². The number of methoxy groups -OCH3 is 1. The second-order valence-corrected chi connectivity index (χ2v) is 18.0. The summed E-state index contributed by atoms with van der Waals surface area (Å²) in [5, 5.41) is 57.6. The molecule has 3 heterocycles. The molecule has 18 nitrogen and oxygen atoms in total. The third-order valence-corrected chi connectivity index (χ3v) is 11.8. The van der Waals surface area contributed by atoms with Gasteiger partial charge >= 0.3 is 13.8 Å². The van der Waals surface area contributed by atoms with Crippen LogP contribution < -0.4 is 0 Å². The Balaban J connectivity index is 0.00000203. The van der Waals surface area contributed by atoms with E-state index in [1.807, 2.05) is 25.9 Å². The number of carbonyl (C=O) groups excluding carboxylic acids is 2. The number of likely N-dealkylation sites (N-methyl/N-ethyl adjacent to an activating group) is 1. The molecular weight excluding hydrogens is 761 g/mol. The number of aliphatic hydroxyl groups excluding tert-OH is 3. The van der Waals surface area contributed by atoms with E-state index < -0.39 is 115 Å². The number of ketones is 1. The number of hydrogen-bond acceptors (Lipinski definition) is 15. The standard InChI is InChI=1S/C37H67NO13.H3O4P/c1-14-25-37(10,45)30(41)20(4)27(39)18(2)16-35(8,44)32(51-34-28(40)24(38(11)12)15-19(3)47-34)21(5)29(22(6)33(43)49-25)50-26-17-36(9,46-13)31(42)23(7)48-26;1-5(2,3)4/h18-26,28-32,34,40-42,44-45H,14-17H2,1-13H3;(H3,1,2,3,4)/t18-,19-,20+,21+,22-,23+,24+,25-,26+,28-,29+,30-,31+,32-,34+,35-,36-,37-;/m1./s1. The van der Waals surface area contributed by atoms with Crippen molar-refractivity contribution in [3.05, 3.63) is 0 Å². The summed E-state index contributed by atoms with van der Waals surface area (Å²) in [6, 6.07) is -0.324. The normalized spacial score (nSPS) is 46.4. The molecule has 3 fully saturated rings. The molecule has 8 N–H and O–H groups in total. The minimum Gasteiger partial charge on any atom is -0.459 e. The molecule has 0 radical (unpaired) electrons. The van der Waals surface area contributed by atoms with Crippen molar-refractivity contribution in [1.82, 2.24) is 4.90 Å². The summed E-state index contributed by atoms with van der Waals surface area (Å²) >= 11 is 0. The predicted octanol–water partition coefficient (Wildman–Crippen LogP) is 0.857.